The van der Waals surface area contributed by atoms with E-state index in [0.717, 1.165) is 22.4 Å². The molecular weight excluding hydrogens is 323 g/mol. The van der Waals surface area contributed by atoms with Gasteiger partial charge in [-0.15, -0.1) is 5.10 Å². The Labute approximate surface area is 134 Å². The normalized spacial score (nSPS) is 11.7. The Hall–Kier alpha value is -2.90. The van der Waals surface area contributed by atoms with Crippen LogP contribution < -0.4 is 5.76 Å². The van der Waals surface area contributed by atoms with E-state index in [9.17, 15) is 18.0 Å². The minimum atomic E-state index is -4.49. The second kappa shape index (κ2) is 5.95. The molecule has 8 heteroatoms. The van der Waals surface area contributed by atoms with Crippen molar-refractivity contribution in [3.63, 3.8) is 0 Å². The number of hydrogen-bond donors (Lipinski definition) is 0. The Morgan fingerprint density at radius 1 is 1.25 bits per heavy atom. The van der Waals surface area contributed by atoms with Crippen molar-refractivity contribution in [1.82, 2.24) is 14.8 Å². The molecule has 2 heterocycles. The number of benzene rings is 1. The van der Waals surface area contributed by atoms with Crippen molar-refractivity contribution in [3.05, 3.63) is 64.4 Å². The number of hydrogen-bond acceptors (Lipinski definition) is 4. The molecule has 2 aromatic heterocycles. The highest BCUT2D eigenvalue weighted by atomic mass is 19.4. The van der Waals surface area contributed by atoms with E-state index in [2.05, 4.69) is 10.1 Å². The van der Waals surface area contributed by atoms with Crippen LogP contribution in [0.15, 0.2) is 51.9 Å². The summed E-state index contributed by atoms with van der Waals surface area (Å²) in [5.74, 6) is -0.951. The Morgan fingerprint density at radius 3 is 2.75 bits per heavy atom. The zero-order valence-electron chi connectivity index (χ0n) is 12.5. The number of alkyl halides is 3. The van der Waals surface area contributed by atoms with Crippen molar-refractivity contribution in [2.45, 2.75) is 19.5 Å². The lowest BCUT2D eigenvalue weighted by atomic mass is 10.1. The van der Waals surface area contributed by atoms with Gasteiger partial charge in [0.2, 0.25) is 5.89 Å². The van der Waals surface area contributed by atoms with Crippen LogP contribution in [0.2, 0.25) is 0 Å². The molecule has 0 saturated heterocycles. The molecule has 0 atom stereocenters. The topological polar surface area (TPSA) is 60.9 Å². The van der Waals surface area contributed by atoms with Crippen LogP contribution in [0, 0.1) is 0 Å². The van der Waals surface area contributed by atoms with Gasteiger partial charge in [0.15, 0.2) is 0 Å². The van der Waals surface area contributed by atoms with E-state index in [1.54, 1.807) is 12.3 Å². The summed E-state index contributed by atoms with van der Waals surface area (Å²) in [4.78, 5) is 16.0. The van der Waals surface area contributed by atoms with Crippen molar-refractivity contribution in [2.75, 3.05) is 0 Å². The number of rotatable bonds is 3. The monoisotopic (exact) mass is 335 g/mol. The van der Waals surface area contributed by atoms with Crippen LogP contribution >= 0.6 is 0 Å². The molecule has 3 aromatic rings. The number of halogens is 3. The Morgan fingerprint density at radius 2 is 2.04 bits per heavy atom. The third-order valence-corrected chi connectivity index (χ3v) is 3.47. The maximum atomic E-state index is 12.8. The maximum absolute atomic E-state index is 12.8. The highest BCUT2D eigenvalue weighted by Crippen LogP contribution is 2.31. The van der Waals surface area contributed by atoms with E-state index in [1.807, 2.05) is 6.92 Å². The summed E-state index contributed by atoms with van der Waals surface area (Å²) in [6.45, 7) is 1.89. The van der Waals surface area contributed by atoms with Crippen molar-refractivity contribution in [2.24, 2.45) is 0 Å². The summed E-state index contributed by atoms with van der Waals surface area (Å²) >= 11 is 0. The quantitative estimate of drug-likeness (QED) is 0.735. The van der Waals surface area contributed by atoms with Crippen LogP contribution in [0.4, 0.5) is 13.2 Å². The lowest BCUT2D eigenvalue weighted by Crippen LogP contribution is -2.15. The van der Waals surface area contributed by atoms with E-state index < -0.39 is 17.5 Å². The minimum absolute atomic E-state index is 0.0766. The van der Waals surface area contributed by atoms with E-state index in [0.29, 0.717) is 12.1 Å². The SMILES string of the molecule is CCc1cnccc1-n1nc(-c2cccc(C(F)(F)F)c2)oc1=O. The molecule has 0 aliphatic rings. The fraction of sp³-hybridized carbons (Fsp3) is 0.188. The molecule has 0 bridgehead atoms. The van der Waals surface area contributed by atoms with Gasteiger partial charge in [-0.2, -0.15) is 17.9 Å². The second-order valence-corrected chi connectivity index (χ2v) is 5.02. The zero-order chi connectivity index (χ0) is 17.3. The Kier molecular flexibility index (Phi) is 3.96. The van der Waals surface area contributed by atoms with Crippen LogP contribution in [0.5, 0.6) is 0 Å². The van der Waals surface area contributed by atoms with Gasteiger partial charge in [-0.25, -0.2) is 4.79 Å². The lowest BCUT2D eigenvalue weighted by molar-refractivity contribution is -0.137. The molecule has 0 amide bonds. The Bertz CT molecular complexity index is 929. The molecule has 124 valence electrons. The number of aryl methyl sites for hydroxylation is 1. The first-order valence-electron chi connectivity index (χ1n) is 7.11. The molecule has 5 nitrogen and oxygen atoms in total. The third kappa shape index (κ3) is 2.94. The van der Waals surface area contributed by atoms with Crippen LogP contribution in [0.3, 0.4) is 0 Å². The second-order valence-electron chi connectivity index (χ2n) is 5.02. The Balaban J connectivity index is 2.09. The highest BCUT2D eigenvalue weighted by molar-refractivity contribution is 5.54. The first kappa shape index (κ1) is 16.0. The predicted molar refractivity (Wildman–Crippen MR) is 79.7 cm³/mol. The van der Waals surface area contributed by atoms with E-state index in [1.165, 1.54) is 18.3 Å². The van der Waals surface area contributed by atoms with Gasteiger partial charge >= 0.3 is 11.9 Å². The summed E-state index contributed by atoms with van der Waals surface area (Å²) in [5, 5.41) is 4.02. The fourth-order valence-electron chi connectivity index (χ4n) is 2.27. The molecule has 0 saturated carbocycles. The zero-order valence-corrected chi connectivity index (χ0v) is 12.5. The van der Waals surface area contributed by atoms with Crippen molar-refractivity contribution >= 4 is 0 Å². The standard InChI is InChI=1S/C16H12F3N3O2/c1-2-10-9-20-7-6-13(10)22-15(23)24-14(21-22)11-4-3-5-12(8-11)16(17,18)19/h3-9H,2H2,1H3. The molecule has 0 N–H and O–H groups in total. The number of aromatic nitrogens is 3. The van der Waals surface area contributed by atoms with Gasteiger partial charge in [0.1, 0.15) is 0 Å². The van der Waals surface area contributed by atoms with Crippen molar-refractivity contribution < 1.29 is 17.6 Å². The first-order chi connectivity index (χ1) is 11.4. The first-order valence-corrected chi connectivity index (χ1v) is 7.11. The van der Waals surface area contributed by atoms with E-state index in [4.69, 9.17) is 4.42 Å². The molecular formula is C16H12F3N3O2. The molecule has 0 radical (unpaired) electrons. The average molecular weight is 335 g/mol. The summed E-state index contributed by atoms with van der Waals surface area (Å²) in [5.41, 5.74) is 0.492. The summed E-state index contributed by atoms with van der Waals surface area (Å²) in [6, 6.07) is 6.07. The maximum Gasteiger partial charge on any atom is 0.442 e. The largest absolute Gasteiger partial charge is 0.442 e. The number of nitrogens with zero attached hydrogens (tertiary/aromatic N) is 3. The van der Waals surface area contributed by atoms with Gasteiger partial charge in [0.25, 0.3) is 0 Å². The number of pyridine rings is 1. The third-order valence-electron chi connectivity index (χ3n) is 3.47. The highest BCUT2D eigenvalue weighted by Gasteiger charge is 2.31. The van der Waals surface area contributed by atoms with E-state index in [-0.39, 0.29) is 11.5 Å². The molecule has 3 rings (SSSR count). The minimum Gasteiger partial charge on any atom is -0.387 e. The van der Waals surface area contributed by atoms with Gasteiger partial charge < -0.3 is 4.42 Å². The van der Waals surface area contributed by atoms with Crippen molar-refractivity contribution in [1.29, 1.82) is 0 Å². The van der Waals surface area contributed by atoms with Gasteiger partial charge in [0.05, 0.1) is 11.3 Å². The van der Waals surface area contributed by atoms with Gasteiger partial charge in [0, 0.05) is 18.0 Å². The van der Waals surface area contributed by atoms with Crippen LogP contribution in [-0.4, -0.2) is 14.8 Å². The molecule has 24 heavy (non-hydrogen) atoms. The van der Waals surface area contributed by atoms with Crippen molar-refractivity contribution in [3.8, 4) is 17.1 Å². The van der Waals surface area contributed by atoms with Gasteiger partial charge in [-0.05, 0) is 36.2 Å². The molecule has 0 aliphatic heterocycles. The summed E-state index contributed by atoms with van der Waals surface area (Å²) in [6.07, 6.45) is -0.777. The molecule has 0 fully saturated rings. The smallest absolute Gasteiger partial charge is 0.387 e. The average Bonchev–Trinajstić information content (AvgIpc) is 2.96. The van der Waals surface area contributed by atoms with Crippen LogP contribution in [-0.2, 0) is 12.6 Å². The molecule has 0 spiro atoms. The van der Waals surface area contributed by atoms with Gasteiger partial charge in [-0.1, -0.05) is 13.0 Å². The molecule has 0 unspecified atom stereocenters. The van der Waals surface area contributed by atoms with Gasteiger partial charge in [-0.3, -0.25) is 4.98 Å². The van der Waals surface area contributed by atoms with E-state index >= 15 is 0 Å². The predicted octanol–water partition coefficient (Wildman–Crippen LogP) is 3.47. The summed E-state index contributed by atoms with van der Waals surface area (Å²) < 4.78 is 44.5. The molecule has 0 aliphatic carbocycles. The fourth-order valence-corrected chi connectivity index (χ4v) is 2.27. The lowest BCUT2D eigenvalue weighted by Gasteiger charge is -2.06. The summed E-state index contributed by atoms with van der Waals surface area (Å²) in [7, 11) is 0. The van der Waals surface area contributed by atoms with Crippen LogP contribution in [0.1, 0.15) is 18.1 Å². The molecule has 1 aromatic carbocycles. The van der Waals surface area contributed by atoms with Crippen LogP contribution in [0.25, 0.3) is 17.1 Å².